The number of nitrogens with zero attached hydrogens (tertiary/aromatic N) is 3. The Hall–Kier alpha value is -3.80. The first kappa shape index (κ1) is 20.1. The van der Waals surface area contributed by atoms with Gasteiger partial charge in [0.1, 0.15) is 17.2 Å². The van der Waals surface area contributed by atoms with E-state index in [1.807, 2.05) is 84.7 Å². The fourth-order valence-corrected chi connectivity index (χ4v) is 3.83. The second-order valence-corrected chi connectivity index (χ2v) is 8.08. The second-order valence-electron chi connectivity index (χ2n) is 8.08. The number of benzene rings is 2. The molecule has 162 valence electrons. The van der Waals surface area contributed by atoms with E-state index in [2.05, 4.69) is 0 Å². The Kier molecular flexibility index (Phi) is 5.50. The van der Waals surface area contributed by atoms with Gasteiger partial charge in [-0.05, 0) is 37.1 Å². The Morgan fingerprint density at radius 1 is 1.03 bits per heavy atom. The molecule has 1 aliphatic rings. The minimum Gasteiger partial charge on any atom is -0.467 e. The van der Waals surface area contributed by atoms with Crippen molar-refractivity contribution in [2.75, 3.05) is 0 Å². The molecule has 6 heteroatoms. The van der Waals surface area contributed by atoms with Gasteiger partial charge in [-0.25, -0.2) is 4.68 Å². The molecule has 1 amide bonds. The van der Waals surface area contributed by atoms with E-state index in [9.17, 15) is 4.79 Å². The SMILES string of the molecule is Cn1nc(-c2ccccc2)c(CN(Cc2ccco2)C(=O)C2CC2)c1Oc1ccccc1. The molecule has 0 bridgehead atoms. The van der Waals surface area contributed by atoms with Crippen LogP contribution in [0.25, 0.3) is 11.3 Å². The summed E-state index contributed by atoms with van der Waals surface area (Å²) < 4.78 is 13.6. The Bertz CT molecular complexity index is 1180. The summed E-state index contributed by atoms with van der Waals surface area (Å²) in [5.41, 5.74) is 2.67. The van der Waals surface area contributed by atoms with E-state index in [-0.39, 0.29) is 11.8 Å². The molecule has 1 fully saturated rings. The molecule has 4 aromatic rings. The third-order valence-electron chi connectivity index (χ3n) is 5.61. The lowest BCUT2D eigenvalue weighted by atomic mass is 10.1. The number of hydrogen-bond donors (Lipinski definition) is 0. The molecule has 0 radical (unpaired) electrons. The lowest BCUT2D eigenvalue weighted by Gasteiger charge is -2.22. The van der Waals surface area contributed by atoms with E-state index in [4.69, 9.17) is 14.3 Å². The van der Waals surface area contributed by atoms with E-state index in [1.165, 1.54) is 0 Å². The molecule has 1 saturated carbocycles. The van der Waals surface area contributed by atoms with Gasteiger partial charge in [-0.1, -0.05) is 48.5 Å². The van der Waals surface area contributed by atoms with E-state index < -0.39 is 0 Å². The monoisotopic (exact) mass is 427 g/mol. The van der Waals surface area contributed by atoms with Crippen molar-refractivity contribution >= 4 is 5.91 Å². The summed E-state index contributed by atoms with van der Waals surface area (Å²) in [6, 6.07) is 23.4. The van der Waals surface area contributed by atoms with Gasteiger partial charge in [0.25, 0.3) is 0 Å². The first-order valence-electron chi connectivity index (χ1n) is 10.8. The van der Waals surface area contributed by atoms with Gasteiger partial charge < -0.3 is 14.1 Å². The summed E-state index contributed by atoms with van der Waals surface area (Å²) in [6.45, 7) is 0.798. The maximum Gasteiger partial charge on any atom is 0.226 e. The van der Waals surface area contributed by atoms with Crippen LogP contribution in [0.1, 0.15) is 24.2 Å². The van der Waals surface area contributed by atoms with Crippen molar-refractivity contribution in [3.05, 3.63) is 90.4 Å². The summed E-state index contributed by atoms with van der Waals surface area (Å²) in [5.74, 6) is 2.36. The van der Waals surface area contributed by atoms with E-state index >= 15 is 0 Å². The highest BCUT2D eigenvalue weighted by Crippen LogP contribution is 2.37. The zero-order chi connectivity index (χ0) is 21.9. The number of para-hydroxylation sites is 1. The molecule has 2 aromatic heterocycles. The lowest BCUT2D eigenvalue weighted by molar-refractivity contribution is -0.134. The minimum absolute atomic E-state index is 0.0975. The number of rotatable bonds is 8. The van der Waals surface area contributed by atoms with E-state index in [0.29, 0.717) is 19.0 Å². The molecule has 32 heavy (non-hydrogen) atoms. The molecule has 0 unspecified atom stereocenters. The van der Waals surface area contributed by atoms with Gasteiger partial charge in [-0.15, -0.1) is 0 Å². The van der Waals surface area contributed by atoms with Crippen LogP contribution in [-0.4, -0.2) is 20.6 Å². The van der Waals surface area contributed by atoms with Gasteiger partial charge in [0.2, 0.25) is 11.8 Å². The molecule has 2 heterocycles. The van der Waals surface area contributed by atoms with Crippen molar-refractivity contribution < 1.29 is 13.9 Å². The second kappa shape index (κ2) is 8.75. The summed E-state index contributed by atoms with van der Waals surface area (Å²) >= 11 is 0. The maximum atomic E-state index is 13.2. The molecule has 0 atom stereocenters. The summed E-state index contributed by atoms with van der Waals surface area (Å²) in [5, 5.41) is 4.78. The van der Waals surface area contributed by atoms with Crippen molar-refractivity contribution in [1.82, 2.24) is 14.7 Å². The smallest absolute Gasteiger partial charge is 0.226 e. The Labute approximate surface area is 187 Å². The predicted octanol–water partition coefficient (Wildman–Crippen LogP) is 5.41. The molecule has 0 saturated heterocycles. The van der Waals surface area contributed by atoms with Gasteiger partial charge in [-0.2, -0.15) is 5.10 Å². The van der Waals surface area contributed by atoms with E-state index in [0.717, 1.165) is 41.2 Å². The molecule has 1 aliphatic carbocycles. The Morgan fingerprint density at radius 3 is 2.41 bits per heavy atom. The number of carbonyl (C=O) groups is 1. The Balaban J connectivity index is 1.55. The highest BCUT2D eigenvalue weighted by Gasteiger charge is 2.35. The van der Waals surface area contributed by atoms with Crippen molar-refractivity contribution in [1.29, 1.82) is 0 Å². The predicted molar refractivity (Wildman–Crippen MR) is 121 cm³/mol. The van der Waals surface area contributed by atoms with Crippen molar-refractivity contribution in [3.8, 4) is 22.9 Å². The van der Waals surface area contributed by atoms with Gasteiger partial charge in [0.15, 0.2) is 0 Å². The quantitative estimate of drug-likeness (QED) is 0.377. The van der Waals surface area contributed by atoms with Crippen LogP contribution in [0.2, 0.25) is 0 Å². The average Bonchev–Trinajstić information content (AvgIpc) is 3.47. The third kappa shape index (κ3) is 4.30. The van der Waals surface area contributed by atoms with Crippen LogP contribution in [-0.2, 0) is 24.9 Å². The highest BCUT2D eigenvalue weighted by atomic mass is 16.5. The highest BCUT2D eigenvalue weighted by molar-refractivity contribution is 5.81. The van der Waals surface area contributed by atoms with Crippen LogP contribution in [0.5, 0.6) is 11.6 Å². The number of carbonyl (C=O) groups excluding carboxylic acids is 1. The lowest BCUT2D eigenvalue weighted by Crippen LogP contribution is -2.31. The average molecular weight is 428 g/mol. The zero-order valence-corrected chi connectivity index (χ0v) is 18.0. The molecule has 6 nitrogen and oxygen atoms in total. The fourth-order valence-electron chi connectivity index (χ4n) is 3.83. The van der Waals surface area contributed by atoms with Crippen LogP contribution in [0, 0.1) is 5.92 Å². The topological polar surface area (TPSA) is 60.5 Å². The molecular weight excluding hydrogens is 402 g/mol. The molecule has 5 rings (SSSR count). The number of amides is 1. The van der Waals surface area contributed by atoms with Gasteiger partial charge >= 0.3 is 0 Å². The standard InChI is InChI=1S/C26H25N3O3/c1-28-26(32-21-11-6-3-7-12-21)23(24(27-28)19-9-4-2-5-10-19)18-29(25(30)20-14-15-20)17-22-13-8-16-31-22/h2-13,16,20H,14-15,17-18H2,1H3. The zero-order valence-electron chi connectivity index (χ0n) is 18.0. The number of aromatic nitrogens is 2. The van der Waals surface area contributed by atoms with Gasteiger partial charge in [0.05, 0.1) is 24.9 Å². The Morgan fingerprint density at radius 2 is 1.75 bits per heavy atom. The fraction of sp³-hybridized carbons (Fsp3) is 0.231. The number of furan rings is 1. The third-order valence-corrected chi connectivity index (χ3v) is 5.61. The van der Waals surface area contributed by atoms with E-state index in [1.54, 1.807) is 10.9 Å². The first-order valence-corrected chi connectivity index (χ1v) is 10.8. The maximum absolute atomic E-state index is 13.2. The van der Waals surface area contributed by atoms with Crippen LogP contribution < -0.4 is 4.74 Å². The largest absolute Gasteiger partial charge is 0.467 e. The van der Waals surface area contributed by atoms with Crippen LogP contribution >= 0.6 is 0 Å². The molecule has 0 aliphatic heterocycles. The summed E-state index contributed by atoms with van der Waals surface area (Å²) in [7, 11) is 1.87. The summed E-state index contributed by atoms with van der Waals surface area (Å²) in [6.07, 6.45) is 3.53. The minimum atomic E-state index is 0.0975. The number of aryl methyl sites for hydroxylation is 1. The van der Waals surface area contributed by atoms with Crippen molar-refractivity contribution in [2.24, 2.45) is 13.0 Å². The van der Waals surface area contributed by atoms with Crippen LogP contribution in [0.4, 0.5) is 0 Å². The van der Waals surface area contributed by atoms with Gasteiger partial charge in [-0.3, -0.25) is 4.79 Å². The van der Waals surface area contributed by atoms with Gasteiger partial charge in [0, 0.05) is 18.5 Å². The van der Waals surface area contributed by atoms with Crippen LogP contribution in [0.15, 0.2) is 83.5 Å². The molecule has 2 aromatic carbocycles. The normalized spacial score (nSPS) is 13.2. The number of hydrogen-bond acceptors (Lipinski definition) is 4. The summed E-state index contributed by atoms with van der Waals surface area (Å²) in [4.78, 5) is 15.0. The van der Waals surface area contributed by atoms with Crippen molar-refractivity contribution in [3.63, 3.8) is 0 Å². The molecular formula is C26H25N3O3. The molecule has 0 N–H and O–H groups in total. The molecule has 0 spiro atoms. The van der Waals surface area contributed by atoms with Crippen LogP contribution in [0.3, 0.4) is 0 Å². The number of ether oxygens (including phenoxy) is 1. The first-order chi connectivity index (χ1) is 15.7. The van der Waals surface area contributed by atoms with Crippen molar-refractivity contribution in [2.45, 2.75) is 25.9 Å².